The molecule has 2 aromatic heterocycles. The molecule has 0 N–H and O–H groups in total. The van der Waals surface area contributed by atoms with E-state index in [9.17, 15) is 4.79 Å². The van der Waals surface area contributed by atoms with E-state index in [1.807, 2.05) is 33.6 Å². The number of carbonyl (C=O) groups excluding carboxylic acids is 1. The van der Waals surface area contributed by atoms with Crippen molar-refractivity contribution in [1.82, 2.24) is 19.5 Å². The SMILES string of the molecule is O=C(CSc1nnc2scc(-c3ccccc3)n12)N1CCN(c2ccccc2)CC1. The van der Waals surface area contributed by atoms with Gasteiger partial charge in [-0.15, -0.1) is 21.5 Å². The van der Waals surface area contributed by atoms with Crippen LogP contribution in [0.4, 0.5) is 5.69 Å². The first kappa shape index (κ1) is 19.1. The maximum Gasteiger partial charge on any atom is 0.233 e. The summed E-state index contributed by atoms with van der Waals surface area (Å²) in [4.78, 5) is 17.9. The van der Waals surface area contributed by atoms with Crippen molar-refractivity contribution >= 4 is 39.7 Å². The number of aromatic nitrogens is 3. The number of benzene rings is 2. The fourth-order valence-corrected chi connectivity index (χ4v) is 5.41. The number of para-hydroxylation sites is 1. The van der Waals surface area contributed by atoms with Gasteiger partial charge in [-0.1, -0.05) is 60.3 Å². The topological polar surface area (TPSA) is 53.7 Å². The van der Waals surface area contributed by atoms with Crippen LogP contribution in [0.3, 0.4) is 0 Å². The Morgan fingerprint density at radius 3 is 2.37 bits per heavy atom. The molecule has 1 aliphatic rings. The normalized spacial score (nSPS) is 14.4. The molecule has 1 fully saturated rings. The van der Waals surface area contributed by atoms with Crippen molar-refractivity contribution in [1.29, 1.82) is 0 Å². The van der Waals surface area contributed by atoms with E-state index in [2.05, 4.69) is 56.9 Å². The van der Waals surface area contributed by atoms with Crippen LogP contribution in [-0.2, 0) is 4.79 Å². The number of fused-ring (bicyclic) bond motifs is 1. The van der Waals surface area contributed by atoms with Gasteiger partial charge >= 0.3 is 0 Å². The Hall–Kier alpha value is -2.84. The van der Waals surface area contributed by atoms with Crippen LogP contribution in [0.5, 0.6) is 0 Å². The van der Waals surface area contributed by atoms with Gasteiger partial charge in [0.25, 0.3) is 0 Å². The van der Waals surface area contributed by atoms with Crippen molar-refractivity contribution in [2.45, 2.75) is 5.16 Å². The lowest BCUT2D eigenvalue weighted by atomic mass is 10.2. The van der Waals surface area contributed by atoms with Crippen LogP contribution in [0.1, 0.15) is 0 Å². The van der Waals surface area contributed by atoms with Crippen LogP contribution in [0, 0.1) is 0 Å². The van der Waals surface area contributed by atoms with Gasteiger partial charge in [-0.3, -0.25) is 9.20 Å². The van der Waals surface area contributed by atoms with Crippen LogP contribution in [-0.4, -0.2) is 57.3 Å². The summed E-state index contributed by atoms with van der Waals surface area (Å²) in [6.45, 7) is 3.21. The quantitative estimate of drug-likeness (QED) is 0.445. The molecule has 1 aliphatic heterocycles. The summed E-state index contributed by atoms with van der Waals surface area (Å²) >= 11 is 3.03. The first-order valence-corrected chi connectivity index (χ1v) is 11.7. The lowest BCUT2D eigenvalue weighted by Crippen LogP contribution is -2.49. The highest BCUT2D eigenvalue weighted by atomic mass is 32.2. The molecule has 1 amide bonds. The summed E-state index contributed by atoms with van der Waals surface area (Å²) in [7, 11) is 0. The second-order valence-corrected chi connectivity index (χ2v) is 8.86. The Morgan fingerprint density at radius 1 is 0.933 bits per heavy atom. The average Bonchev–Trinajstić information content (AvgIpc) is 3.41. The second kappa shape index (κ2) is 8.49. The average molecular weight is 436 g/mol. The van der Waals surface area contributed by atoms with Gasteiger partial charge < -0.3 is 9.80 Å². The molecule has 1 saturated heterocycles. The third kappa shape index (κ3) is 3.80. The van der Waals surface area contributed by atoms with Gasteiger partial charge in [-0.25, -0.2) is 0 Å². The van der Waals surface area contributed by atoms with Crippen molar-refractivity contribution in [3.05, 3.63) is 66.0 Å². The highest BCUT2D eigenvalue weighted by Gasteiger charge is 2.22. The van der Waals surface area contributed by atoms with Crippen molar-refractivity contribution < 1.29 is 4.79 Å². The number of rotatable bonds is 5. The van der Waals surface area contributed by atoms with E-state index in [4.69, 9.17) is 0 Å². The van der Waals surface area contributed by atoms with E-state index < -0.39 is 0 Å². The number of thiazole rings is 1. The third-order valence-electron chi connectivity index (χ3n) is 5.27. The zero-order chi connectivity index (χ0) is 20.3. The Balaban J connectivity index is 1.23. The molecule has 8 heteroatoms. The maximum atomic E-state index is 12.8. The number of hydrogen-bond acceptors (Lipinski definition) is 6. The van der Waals surface area contributed by atoms with Crippen molar-refractivity contribution in [2.24, 2.45) is 0 Å². The number of thioether (sulfide) groups is 1. The van der Waals surface area contributed by atoms with E-state index in [0.717, 1.165) is 47.6 Å². The zero-order valence-electron chi connectivity index (χ0n) is 16.3. The molecular weight excluding hydrogens is 414 g/mol. The Kier molecular flexibility index (Phi) is 5.42. The van der Waals surface area contributed by atoms with E-state index in [-0.39, 0.29) is 5.91 Å². The van der Waals surface area contributed by atoms with Gasteiger partial charge in [0, 0.05) is 37.2 Å². The Morgan fingerprint density at radius 2 is 1.63 bits per heavy atom. The number of carbonyl (C=O) groups is 1. The van der Waals surface area contributed by atoms with Crippen LogP contribution < -0.4 is 4.90 Å². The number of nitrogens with zero attached hydrogens (tertiary/aromatic N) is 5. The lowest BCUT2D eigenvalue weighted by Gasteiger charge is -2.36. The van der Waals surface area contributed by atoms with E-state index in [0.29, 0.717) is 5.75 Å². The summed E-state index contributed by atoms with van der Waals surface area (Å²) < 4.78 is 2.05. The zero-order valence-corrected chi connectivity index (χ0v) is 18.0. The van der Waals surface area contributed by atoms with Crippen LogP contribution >= 0.6 is 23.1 Å². The Bertz CT molecular complexity index is 1130. The monoisotopic (exact) mass is 435 g/mol. The van der Waals surface area contributed by atoms with Gasteiger partial charge in [0.15, 0.2) is 5.16 Å². The number of anilines is 1. The smallest absolute Gasteiger partial charge is 0.233 e. The van der Waals surface area contributed by atoms with Crippen LogP contribution in [0.25, 0.3) is 16.2 Å². The molecule has 6 nitrogen and oxygen atoms in total. The second-order valence-electron chi connectivity index (χ2n) is 7.08. The van der Waals surface area contributed by atoms with Gasteiger partial charge in [-0.2, -0.15) is 0 Å². The largest absolute Gasteiger partial charge is 0.368 e. The number of amides is 1. The van der Waals surface area contributed by atoms with Gasteiger partial charge in [-0.05, 0) is 17.7 Å². The minimum atomic E-state index is 0.154. The minimum Gasteiger partial charge on any atom is -0.368 e. The van der Waals surface area contributed by atoms with E-state index in [1.165, 1.54) is 17.4 Å². The standard InChI is InChI=1S/C22H21N5OS2/c28-20(26-13-11-25(12-14-26)18-9-5-2-6-10-18)16-30-22-24-23-21-27(22)19(15-29-21)17-7-3-1-4-8-17/h1-10,15H,11-14,16H2. The molecular formula is C22H21N5OS2. The van der Waals surface area contributed by atoms with Crippen molar-refractivity contribution in [2.75, 3.05) is 36.8 Å². The Labute approximate surface area is 183 Å². The number of piperazine rings is 1. The first-order valence-electron chi connectivity index (χ1n) is 9.88. The predicted octanol–water partition coefficient (Wildman–Crippen LogP) is 3.90. The fourth-order valence-electron chi connectivity index (χ4n) is 3.67. The van der Waals surface area contributed by atoms with E-state index in [1.54, 1.807) is 11.3 Å². The minimum absolute atomic E-state index is 0.154. The van der Waals surface area contributed by atoms with Crippen molar-refractivity contribution in [3.63, 3.8) is 0 Å². The van der Waals surface area contributed by atoms with Crippen LogP contribution in [0.2, 0.25) is 0 Å². The molecule has 4 aromatic rings. The van der Waals surface area contributed by atoms with Gasteiger partial charge in [0.05, 0.1) is 11.4 Å². The molecule has 0 spiro atoms. The fraction of sp³-hybridized carbons (Fsp3) is 0.227. The molecule has 3 heterocycles. The summed E-state index contributed by atoms with van der Waals surface area (Å²) in [5, 5.41) is 11.5. The highest BCUT2D eigenvalue weighted by molar-refractivity contribution is 7.99. The summed E-state index contributed by atoms with van der Waals surface area (Å²) in [6, 6.07) is 20.6. The molecule has 0 aliphatic carbocycles. The molecule has 152 valence electrons. The maximum absolute atomic E-state index is 12.8. The molecule has 5 rings (SSSR count). The number of hydrogen-bond donors (Lipinski definition) is 0. The molecule has 0 radical (unpaired) electrons. The molecule has 0 atom stereocenters. The molecule has 0 saturated carbocycles. The summed E-state index contributed by atoms with van der Waals surface area (Å²) in [5.74, 6) is 0.525. The summed E-state index contributed by atoms with van der Waals surface area (Å²) in [5.41, 5.74) is 3.40. The summed E-state index contributed by atoms with van der Waals surface area (Å²) in [6.07, 6.45) is 0. The molecule has 30 heavy (non-hydrogen) atoms. The lowest BCUT2D eigenvalue weighted by molar-refractivity contribution is -0.128. The third-order valence-corrected chi connectivity index (χ3v) is 7.00. The molecule has 0 unspecified atom stereocenters. The van der Waals surface area contributed by atoms with Gasteiger partial charge in [0.2, 0.25) is 10.9 Å². The van der Waals surface area contributed by atoms with E-state index >= 15 is 0 Å². The first-order chi connectivity index (χ1) is 14.8. The molecule has 2 aromatic carbocycles. The molecule has 0 bridgehead atoms. The van der Waals surface area contributed by atoms with Crippen molar-refractivity contribution in [3.8, 4) is 11.3 Å². The highest BCUT2D eigenvalue weighted by Crippen LogP contribution is 2.30. The van der Waals surface area contributed by atoms with Crippen LogP contribution in [0.15, 0.2) is 71.2 Å². The van der Waals surface area contributed by atoms with Gasteiger partial charge in [0.1, 0.15) is 0 Å². The predicted molar refractivity (Wildman–Crippen MR) is 122 cm³/mol.